The first-order valence-corrected chi connectivity index (χ1v) is 8.18. The van der Waals surface area contributed by atoms with E-state index in [9.17, 15) is 13.2 Å². The van der Waals surface area contributed by atoms with Gasteiger partial charge in [0.15, 0.2) is 0 Å². The number of hydrogen-bond donors (Lipinski definition) is 3. The van der Waals surface area contributed by atoms with Gasteiger partial charge < -0.3 is 16.0 Å². The van der Waals surface area contributed by atoms with E-state index in [0.717, 1.165) is 0 Å². The average molecular weight is 314 g/mol. The summed E-state index contributed by atoms with van der Waals surface area (Å²) in [5.41, 5.74) is 6.61. The Morgan fingerprint density at radius 3 is 2.43 bits per heavy atom. The van der Waals surface area contributed by atoms with E-state index in [0.29, 0.717) is 24.5 Å². The molecule has 1 aromatic carbocycles. The summed E-state index contributed by atoms with van der Waals surface area (Å²) in [6.07, 6.45) is 0. The first-order valence-electron chi connectivity index (χ1n) is 6.70. The first kappa shape index (κ1) is 17.3. The number of nitrogen functional groups attached to an aromatic ring is 1. The molecule has 21 heavy (non-hydrogen) atoms. The largest absolute Gasteiger partial charge is 0.397 e. The number of carbonyl (C=O) groups excluding carboxylic acids is 1. The first-order chi connectivity index (χ1) is 9.85. The maximum absolute atomic E-state index is 11.9. The molecule has 8 heteroatoms. The molecule has 0 aliphatic carbocycles. The van der Waals surface area contributed by atoms with E-state index in [1.807, 2.05) is 13.8 Å². The molecular formula is C13H22N4O3S. The molecule has 0 heterocycles. The molecule has 1 rings (SSSR count). The van der Waals surface area contributed by atoms with Gasteiger partial charge in [-0.25, -0.2) is 13.1 Å². The van der Waals surface area contributed by atoms with Gasteiger partial charge in [0, 0.05) is 13.1 Å². The number of nitrogens with zero attached hydrogens (tertiary/aromatic N) is 1. The van der Waals surface area contributed by atoms with Gasteiger partial charge in [-0.2, -0.15) is 0 Å². The molecule has 0 saturated heterocycles. The number of benzene rings is 1. The molecule has 118 valence electrons. The minimum Gasteiger partial charge on any atom is -0.397 e. The van der Waals surface area contributed by atoms with Gasteiger partial charge in [-0.15, -0.1) is 0 Å². The highest BCUT2D eigenvalue weighted by molar-refractivity contribution is 7.89. The lowest BCUT2D eigenvalue weighted by Crippen LogP contribution is -2.35. The van der Waals surface area contributed by atoms with Crippen molar-refractivity contribution >= 4 is 27.3 Å². The van der Waals surface area contributed by atoms with Crippen LogP contribution in [0.2, 0.25) is 0 Å². The zero-order valence-corrected chi connectivity index (χ0v) is 13.3. The maximum Gasteiger partial charge on any atom is 0.241 e. The van der Waals surface area contributed by atoms with Gasteiger partial charge in [0.2, 0.25) is 15.9 Å². The zero-order valence-electron chi connectivity index (χ0n) is 12.5. The summed E-state index contributed by atoms with van der Waals surface area (Å²) in [4.78, 5) is 13.7. The van der Waals surface area contributed by atoms with Gasteiger partial charge in [0.1, 0.15) is 0 Å². The molecule has 0 fully saturated rings. The third-order valence-corrected chi connectivity index (χ3v) is 4.56. The van der Waals surface area contributed by atoms with Crippen LogP contribution in [0.3, 0.4) is 0 Å². The summed E-state index contributed by atoms with van der Waals surface area (Å²) in [7, 11) is -2.21. The fraction of sp³-hybridized carbons (Fsp3) is 0.462. The van der Waals surface area contributed by atoms with Crippen molar-refractivity contribution in [3.8, 4) is 0 Å². The number of rotatable bonds is 7. The number of nitrogens with one attached hydrogen (secondary N) is 2. The predicted molar refractivity (Wildman–Crippen MR) is 83.5 cm³/mol. The molecule has 1 aromatic rings. The number of nitrogens with two attached hydrogens (primary N) is 1. The van der Waals surface area contributed by atoms with Crippen molar-refractivity contribution in [3.05, 3.63) is 18.2 Å². The third-order valence-electron chi connectivity index (χ3n) is 3.15. The summed E-state index contributed by atoms with van der Waals surface area (Å²) in [5.74, 6) is -0.0683. The average Bonchev–Trinajstić information content (AvgIpc) is 2.47. The minimum absolute atomic E-state index is 0.0644. The second kappa shape index (κ2) is 7.28. The molecule has 0 aliphatic rings. The standard InChI is InChI=1S/C13H22N4O3S/c1-4-17(5-2)13(18)9-16-12-8-10(6-7-11(12)14)21(19,20)15-3/h6-8,15-16H,4-5,9,14H2,1-3H3. The molecule has 0 spiro atoms. The van der Waals surface area contributed by atoms with E-state index in [1.54, 1.807) is 4.90 Å². The lowest BCUT2D eigenvalue weighted by molar-refractivity contribution is -0.128. The topological polar surface area (TPSA) is 105 Å². The van der Waals surface area contributed by atoms with Gasteiger partial charge in [0.05, 0.1) is 22.8 Å². The summed E-state index contributed by atoms with van der Waals surface area (Å²) < 4.78 is 25.7. The van der Waals surface area contributed by atoms with E-state index in [1.165, 1.54) is 25.2 Å². The Bertz CT molecular complexity index is 597. The fourth-order valence-electron chi connectivity index (χ4n) is 1.83. The predicted octanol–water partition coefficient (Wildman–Crippen LogP) is 0.457. The van der Waals surface area contributed by atoms with E-state index >= 15 is 0 Å². The van der Waals surface area contributed by atoms with Crippen LogP contribution < -0.4 is 15.8 Å². The Hall–Kier alpha value is -1.80. The highest BCUT2D eigenvalue weighted by atomic mass is 32.2. The van der Waals surface area contributed by atoms with Crippen LogP contribution in [0.25, 0.3) is 0 Å². The van der Waals surface area contributed by atoms with Crippen molar-refractivity contribution in [2.24, 2.45) is 0 Å². The van der Waals surface area contributed by atoms with Gasteiger partial charge in [0.25, 0.3) is 0 Å². The van der Waals surface area contributed by atoms with Crippen molar-refractivity contribution in [1.29, 1.82) is 0 Å². The Morgan fingerprint density at radius 1 is 1.29 bits per heavy atom. The Balaban J connectivity index is 2.89. The second-order valence-corrected chi connectivity index (χ2v) is 6.26. The SMILES string of the molecule is CCN(CC)C(=O)CNc1cc(S(=O)(=O)NC)ccc1N. The molecule has 0 aliphatic heterocycles. The van der Waals surface area contributed by atoms with E-state index in [4.69, 9.17) is 5.73 Å². The Morgan fingerprint density at radius 2 is 1.90 bits per heavy atom. The Kier molecular flexibility index (Phi) is 5.98. The normalized spacial score (nSPS) is 11.2. The second-order valence-electron chi connectivity index (χ2n) is 4.38. The van der Waals surface area contributed by atoms with Crippen LogP contribution >= 0.6 is 0 Å². The summed E-state index contributed by atoms with van der Waals surface area (Å²) in [5, 5.41) is 2.89. The monoisotopic (exact) mass is 314 g/mol. The summed E-state index contributed by atoms with van der Waals surface area (Å²) in [6, 6.07) is 4.32. The quantitative estimate of drug-likeness (QED) is 0.634. The maximum atomic E-state index is 11.9. The van der Waals surface area contributed by atoms with Crippen LogP contribution in [0.5, 0.6) is 0 Å². The van der Waals surface area contributed by atoms with Gasteiger partial charge in [-0.3, -0.25) is 4.79 Å². The molecule has 0 aromatic heterocycles. The zero-order chi connectivity index (χ0) is 16.0. The van der Waals surface area contributed by atoms with Gasteiger partial charge in [-0.1, -0.05) is 0 Å². The van der Waals surface area contributed by atoms with Crippen LogP contribution in [0.1, 0.15) is 13.8 Å². The van der Waals surface area contributed by atoms with Crippen LogP contribution in [-0.2, 0) is 14.8 Å². The molecule has 0 unspecified atom stereocenters. The third kappa shape index (κ3) is 4.33. The molecule has 7 nitrogen and oxygen atoms in total. The fourth-order valence-corrected chi connectivity index (χ4v) is 2.59. The van der Waals surface area contributed by atoms with E-state index in [2.05, 4.69) is 10.0 Å². The summed E-state index contributed by atoms with van der Waals surface area (Å²) >= 11 is 0. The van der Waals surface area contributed by atoms with Crippen molar-refractivity contribution in [2.75, 3.05) is 37.7 Å². The number of carbonyl (C=O) groups is 1. The van der Waals surface area contributed by atoms with Crippen LogP contribution in [0.15, 0.2) is 23.1 Å². The lowest BCUT2D eigenvalue weighted by Gasteiger charge is -2.19. The molecule has 0 saturated carbocycles. The van der Waals surface area contributed by atoms with Crippen molar-refractivity contribution < 1.29 is 13.2 Å². The lowest BCUT2D eigenvalue weighted by atomic mass is 10.2. The van der Waals surface area contributed by atoms with Crippen LogP contribution in [0.4, 0.5) is 11.4 Å². The highest BCUT2D eigenvalue weighted by Crippen LogP contribution is 2.22. The van der Waals surface area contributed by atoms with Gasteiger partial charge >= 0.3 is 0 Å². The molecule has 0 radical (unpaired) electrons. The number of amides is 1. The van der Waals surface area contributed by atoms with Crippen molar-refractivity contribution in [1.82, 2.24) is 9.62 Å². The number of hydrogen-bond acceptors (Lipinski definition) is 5. The number of anilines is 2. The van der Waals surface area contributed by atoms with Crippen LogP contribution in [-0.4, -0.2) is 45.9 Å². The number of likely N-dealkylation sites (N-methyl/N-ethyl adjacent to an activating group) is 1. The molecule has 0 bridgehead atoms. The minimum atomic E-state index is -3.54. The van der Waals surface area contributed by atoms with Crippen molar-refractivity contribution in [3.63, 3.8) is 0 Å². The smallest absolute Gasteiger partial charge is 0.241 e. The molecule has 0 atom stereocenters. The molecule has 4 N–H and O–H groups in total. The number of sulfonamides is 1. The van der Waals surface area contributed by atoms with Crippen LogP contribution in [0, 0.1) is 0 Å². The van der Waals surface area contributed by atoms with Crippen molar-refractivity contribution in [2.45, 2.75) is 18.7 Å². The van der Waals surface area contributed by atoms with E-state index in [-0.39, 0.29) is 17.3 Å². The molecular weight excluding hydrogens is 292 g/mol. The Labute approximate surface area is 125 Å². The highest BCUT2D eigenvalue weighted by Gasteiger charge is 2.14. The molecule has 1 amide bonds. The van der Waals surface area contributed by atoms with E-state index < -0.39 is 10.0 Å². The van der Waals surface area contributed by atoms with Gasteiger partial charge in [-0.05, 0) is 39.1 Å². The summed E-state index contributed by atoms with van der Waals surface area (Å²) in [6.45, 7) is 5.11.